The zero-order valence-electron chi connectivity index (χ0n) is 14.9. The van der Waals surface area contributed by atoms with E-state index < -0.39 is 0 Å². The maximum Gasteiger partial charge on any atom is 0.338 e. The molecular formula is C20H22N2O4. The number of anilines is 1. The molecule has 0 heterocycles. The topological polar surface area (TPSA) is 77.0 Å². The second kappa shape index (κ2) is 9.98. The average molecular weight is 354 g/mol. The van der Waals surface area contributed by atoms with E-state index in [4.69, 9.17) is 4.74 Å². The normalized spacial score (nSPS) is 10.5. The van der Waals surface area contributed by atoms with Crippen molar-refractivity contribution in [2.24, 2.45) is 5.16 Å². The lowest BCUT2D eigenvalue weighted by atomic mass is 10.1. The second-order valence-corrected chi connectivity index (χ2v) is 5.56. The number of carbonyl (C=O) groups excluding carboxylic acids is 2. The van der Waals surface area contributed by atoms with Crippen LogP contribution in [0, 0.1) is 0 Å². The molecule has 26 heavy (non-hydrogen) atoms. The van der Waals surface area contributed by atoms with Crippen molar-refractivity contribution >= 4 is 23.8 Å². The van der Waals surface area contributed by atoms with Crippen molar-refractivity contribution in [3.05, 3.63) is 65.2 Å². The highest BCUT2D eigenvalue weighted by atomic mass is 16.6. The van der Waals surface area contributed by atoms with Crippen molar-refractivity contribution < 1.29 is 19.2 Å². The van der Waals surface area contributed by atoms with Gasteiger partial charge in [0, 0.05) is 11.3 Å². The molecule has 0 aliphatic carbocycles. The van der Waals surface area contributed by atoms with E-state index in [-0.39, 0.29) is 11.9 Å². The van der Waals surface area contributed by atoms with Crippen LogP contribution in [0.25, 0.3) is 0 Å². The number of esters is 1. The monoisotopic (exact) mass is 354 g/mol. The molecule has 0 radical (unpaired) electrons. The third-order valence-electron chi connectivity index (χ3n) is 3.59. The Hall–Kier alpha value is -3.15. The highest BCUT2D eigenvalue weighted by molar-refractivity contribution is 6.04. The lowest BCUT2D eigenvalue weighted by Gasteiger charge is -2.07. The van der Waals surface area contributed by atoms with Crippen molar-refractivity contribution in [2.75, 3.05) is 19.0 Å². The maximum absolute atomic E-state index is 12.3. The van der Waals surface area contributed by atoms with Gasteiger partial charge in [0.15, 0.2) is 0 Å². The number of nitrogens with zero attached hydrogens (tertiary/aromatic N) is 1. The molecule has 1 amide bonds. The van der Waals surface area contributed by atoms with Crippen LogP contribution in [-0.4, -0.2) is 31.8 Å². The van der Waals surface area contributed by atoms with E-state index in [1.54, 1.807) is 54.7 Å². The number of unbranched alkanes of at least 4 members (excludes halogenated alkanes) is 1. The number of carbonyl (C=O) groups is 2. The highest BCUT2D eigenvalue weighted by Gasteiger charge is 2.09. The summed E-state index contributed by atoms with van der Waals surface area (Å²) in [5.41, 5.74) is 2.41. The number of benzene rings is 2. The van der Waals surface area contributed by atoms with Gasteiger partial charge in [-0.1, -0.05) is 30.6 Å². The zero-order valence-corrected chi connectivity index (χ0v) is 14.9. The number of hydrogen-bond acceptors (Lipinski definition) is 5. The van der Waals surface area contributed by atoms with Crippen LogP contribution in [0.4, 0.5) is 5.69 Å². The van der Waals surface area contributed by atoms with Gasteiger partial charge in [-0.2, -0.15) is 0 Å². The fourth-order valence-corrected chi connectivity index (χ4v) is 2.12. The molecule has 0 fully saturated rings. The SMILES string of the molecule is CCCCOC(=O)c1ccc(NC(=O)c2ccc(/C=N/OC)cc2)cc1. The Labute approximate surface area is 152 Å². The van der Waals surface area contributed by atoms with Crippen molar-refractivity contribution in [1.29, 1.82) is 0 Å². The molecule has 1 N–H and O–H groups in total. The van der Waals surface area contributed by atoms with E-state index in [0.29, 0.717) is 23.4 Å². The van der Waals surface area contributed by atoms with Gasteiger partial charge in [0.2, 0.25) is 0 Å². The molecule has 0 atom stereocenters. The van der Waals surface area contributed by atoms with E-state index in [0.717, 1.165) is 18.4 Å². The number of amides is 1. The predicted octanol–water partition coefficient (Wildman–Crippen LogP) is 3.88. The number of ether oxygens (including phenoxy) is 1. The van der Waals surface area contributed by atoms with Crippen LogP contribution in [-0.2, 0) is 9.57 Å². The smallest absolute Gasteiger partial charge is 0.338 e. The molecule has 0 saturated carbocycles. The molecule has 0 aromatic heterocycles. The Morgan fingerprint density at radius 2 is 1.69 bits per heavy atom. The standard InChI is InChI=1S/C20H22N2O4/c1-3-4-13-26-20(24)17-9-11-18(12-10-17)22-19(23)16-7-5-15(6-8-16)14-21-25-2/h5-12,14H,3-4,13H2,1-2H3,(H,22,23)/b21-14+. The first-order valence-corrected chi connectivity index (χ1v) is 8.39. The molecule has 2 aromatic rings. The van der Waals surface area contributed by atoms with Crippen LogP contribution < -0.4 is 5.32 Å². The third kappa shape index (κ3) is 5.73. The molecule has 0 unspecified atom stereocenters. The number of oxime groups is 1. The minimum absolute atomic E-state index is 0.237. The summed E-state index contributed by atoms with van der Waals surface area (Å²) < 4.78 is 5.15. The zero-order chi connectivity index (χ0) is 18.8. The Kier molecular flexibility index (Phi) is 7.36. The van der Waals surface area contributed by atoms with Gasteiger partial charge < -0.3 is 14.9 Å². The first-order chi connectivity index (χ1) is 12.6. The molecule has 2 aromatic carbocycles. The van der Waals surface area contributed by atoms with Gasteiger partial charge in [0.05, 0.1) is 18.4 Å². The molecule has 0 spiro atoms. The molecule has 0 bridgehead atoms. The van der Waals surface area contributed by atoms with Crippen molar-refractivity contribution in [3.8, 4) is 0 Å². The maximum atomic E-state index is 12.3. The predicted molar refractivity (Wildman–Crippen MR) is 101 cm³/mol. The molecule has 6 nitrogen and oxygen atoms in total. The first kappa shape index (κ1) is 19.2. The van der Waals surface area contributed by atoms with Crippen LogP contribution in [0.15, 0.2) is 53.7 Å². The quantitative estimate of drug-likeness (QED) is 0.338. The van der Waals surface area contributed by atoms with Gasteiger partial charge in [-0.15, -0.1) is 0 Å². The van der Waals surface area contributed by atoms with E-state index in [1.807, 2.05) is 6.92 Å². The summed E-state index contributed by atoms with van der Waals surface area (Å²) in [5.74, 6) is -0.594. The van der Waals surface area contributed by atoms with Crippen LogP contribution in [0.5, 0.6) is 0 Å². The summed E-state index contributed by atoms with van der Waals surface area (Å²) in [5, 5.41) is 6.46. The van der Waals surface area contributed by atoms with Gasteiger partial charge in [-0.05, 0) is 48.4 Å². The summed E-state index contributed by atoms with van der Waals surface area (Å²) in [6.07, 6.45) is 3.37. The second-order valence-electron chi connectivity index (χ2n) is 5.56. The summed E-state index contributed by atoms with van der Waals surface area (Å²) in [6.45, 7) is 2.45. The number of rotatable bonds is 8. The Balaban J connectivity index is 1.94. The van der Waals surface area contributed by atoms with Gasteiger partial charge in [0.1, 0.15) is 7.11 Å². The van der Waals surface area contributed by atoms with E-state index >= 15 is 0 Å². The molecular weight excluding hydrogens is 332 g/mol. The summed E-state index contributed by atoms with van der Waals surface area (Å²) in [6, 6.07) is 13.6. The third-order valence-corrected chi connectivity index (χ3v) is 3.59. The molecule has 2 rings (SSSR count). The van der Waals surface area contributed by atoms with Crippen LogP contribution in [0.3, 0.4) is 0 Å². The van der Waals surface area contributed by atoms with Crippen molar-refractivity contribution in [1.82, 2.24) is 0 Å². The van der Waals surface area contributed by atoms with Crippen molar-refractivity contribution in [2.45, 2.75) is 19.8 Å². The van der Waals surface area contributed by atoms with Crippen LogP contribution >= 0.6 is 0 Å². The summed E-state index contributed by atoms with van der Waals surface area (Å²) in [4.78, 5) is 28.7. The van der Waals surface area contributed by atoms with Gasteiger partial charge in [-0.3, -0.25) is 4.79 Å². The average Bonchev–Trinajstić information content (AvgIpc) is 2.67. The Bertz CT molecular complexity index is 752. The van der Waals surface area contributed by atoms with Crippen molar-refractivity contribution in [3.63, 3.8) is 0 Å². The van der Waals surface area contributed by atoms with E-state index in [2.05, 4.69) is 15.3 Å². The van der Waals surface area contributed by atoms with E-state index in [9.17, 15) is 9.59 Å². The summed E-state index contributed by atoms with van der Waals surface area (Å²) in [7, 11) is 1.47. The Morgan fingerprint density at radius 1 is 1.04 bits per heavy atom. The van der Waals surface area contributed by atoms with Crippen LogP contribution in [0.1, 0.15) is 46.0 Å². The first-order valence-electron chi connectivity index (χ1n) is 8.39. The van der Waals surface area contributed by atoms with Gasteiger partial charge >= 0.3 is 5.97 Å². The lowest BCUT2D eigenvalue weighted by Crippen LogP contribution is -2.12. The number of nitrogens with one attached hydrogen (secondary N) is 1. The van der Waals surface area contributed by atoms with Gasteiger partial charge in [-0.25, -0.2) is 4.79 Å². The molecule has 136 valence electrons. The highest BCUT2D eigenvalue weighted by Crippen LogP contribution is 2.13. The van der Waals surface area contributed by atoms with Gasteiger partial charge in [0.25, 0.3) is 5.91 Å². The minimum atomic E-state index is -0.357. The number of hydrogen-bond donors (Lipinski definition) is 1. The molecule has 6 heteroatoms. The molecule has 0 saturated heterocycles. The summed E-state index contributed by atoms with van der Waals surface area (Å²) >= 11 is 0. The molecule has 0 aliphatic rings. The molecule has 0 aliphatic heterocycles. The fourth-order valence-electron chi connectivity index (χ4n) is 2.12. The lowest BCUT2D eigenvalue weighted by molar-refractivity contribution is 0.0499. The Morgan fingerprint density at radius 3 is 2.31 bits per heavy atom. The van der Waals surface area contributed by atoms with E-state index in [1.165, 1.54) is 7.11 Å². The largest absolute Gasteiger partial charge is 0.462 e. The van der Waals surface area contributed by atoms with Crippen LogP contribution in [0.2, 0.25) is 0 Å². The minimum Gasteiger partial charge on any atom is -0.462 e. The fraction of sp³-hybridized carbons (Fsp3) is 0.250.